The number of ether oxygens (including phenoxy) is 1. The van der Waals surface area contributed by atoms with E-state index in [2.05, 4.69) is 31.2 Å². The number of hydrogen-bond acceptors (Lipinski definition) is 3. The molecular weight excluding hydrogens is 376 g/mol. The van der Waals surface area contributed by atoms with Crippen molar-refractivity contribution in [1.82, 2.24) is 0 Å². The van der Waals surface area contributed by atoms with Crippen molar-refractivity contribution in [3.8, 4) is 0 Å². The Morgan fingerprint density at radius 2 is 1.63 bits per heavy atom. The Morgan fingerprint density at radius 3 is 2.30 bits per heavy atom. The first-order valence-electron chi connectivity index (χ1n) is 11.6. The summed E-state index contributed by atoms with van der Waals surface area (Å²) >= 11 is 0. The molecule has 168 valence electrons. The second-order valence-corrected chi connectivity index (χ2v) is 8.04. The van der Waals surface area contributed by atoms with E-state index in [0.717, 1.165) is 38.5 Å². The Morgan fingerprint density at radius 1 is 0.967 bits per heavy atom. The van der Waals surface area contributed by atoms with Crippen LogP contribution in [0.15, 0.2) is 36.4 Å². The van der Waals surface area contributed by atoms with E-state index in [0.29, 0.717) is 6.42 Å². The van der Waals surface area contributed by atoms with Crippen LogP contribution in [0.3, 0.4) is 0 Å². The largest absolute Gasteiger partial charge is 0.481 e. The highest BCUT2D eigenvalue weighted by Gasteiger charge is 2.08. The molecule has 0 saturated heterocycles. The number of unbranched alkanes of at least 4 members (excludes halogenated alkanes) is 6. The van der Waals surface area contributed by atoms with Gasteiger partial charge < -0.3 is 9.84 Å². The SMILES string of the molecule is CCCCCCCC[C@@H](/C=C/CCc1ccccc1CCCCC(=O)O)OC(C)=O. The van der Waals surface area contributed by atoms with E-state index in [1.807, 2.05) is 12.1 Å². The lowest BCUT2D eigenvalue weighted by molar-refractivity contribution is -0.144. The number of carboxylic acid groups (broad SMARTS) is 1. The van der Waals surface area contributed by atoms with Crippen LogP contribution in [0.4, 0.5) is 0 Å². The summed E-state index contributed by atoms with van der Waals surface area (Å²) in [5.41, 5.74) is 2.62. The van der Waals surface area contributed by atoms with E-state index in [1.54, 1.807) is 0 Å². The molecule has 1 aromatic rings. The molecule has 1 N–H and O–H groups in total. The first-order chi connectivity index (χ1) is 14.5. The first kappa shape index (κ1) is 25.9. The second-order valence-electron chi connectivity index (χ2n) is 8.04. The molecular formula is C26H40O4. The van der Waals surface area contributed by atoms with Gasteiger partial charge in [-0.1, -0.05) is 69.4 Å². The maximum absolute atomic E-state index is 11.4. The molecule has 0 aliphatic carbocycles. The lowest BCUT2D eigenvalue weighted by atomic mass is 9.98. The van der Waals surface area contributed by atoms with Crippen LogP contribution in [-0.4, -0.2) is 23.1 Å². The smallest absolute Gasteiger partial charge is 0.303 e. The number of aryl methyl sites for hydroxylation is 2. The molecule has 1 aromatic carbocycles. The number of allylic oxidation sites excluding steroid dienone is 1. The highest BCUT2D eigenvalue weighted by Crippen LogP contribution is 2.16. The Balaban J connectivity index is 2.43. The molecule has 0 amide bonds. The minimum atomic E-state index is -0.725. The highest BCUT2D eigenvalue weighted by atomic mass is 16.5. The molecule has 0 saturated carbocycles. The molecule has 0 heterocycles. The number of aliphatic carboxylic acids is 1. The van der Waals surface area contributed by atoms with E-state index in [4.69, 9.17) is 9.84 Å². The number of rotatable bonds is 17. The number of carbonyl (C=O) groups excluding carboxylic acids is 1. The van der Waals surface area contributed by atoms with E-state index >= 15 is 0 Å². The van der Waals surface area contributed by atoms with E-state index in [1.165, 1.54) is 50.2 Å². The van der Waals surface area contributed by atoms with Crippen LogP contribution in [0.1, 0.15) is 95.6 Å². The summed E-state index contributed by atoms with van der Waals surface area (Å²) < 4.78 is 5.47. The lowest BCUT2D eigenvalue weighted by Crippen LogP contribution is -2.13. The van der Waals surface area contributed by atoms with Crippen molar-refractivity contribution in [2.24, 2.45) is 0 Å². The molecule has 0 radical (unpaired) electrons. The maximum Gasteiger partial charge on any atom is 0.303 e. The molecule has 0 spiro atoms. The highest BCUT2D eigenvalue weighted by molar-refractivity contribution is 5.66. The third kappa shape index (κ3) is 13.2. The van der Waals surface area contributed by atoms with Gasteiger partial charge in [-0.15, -0.1) is 0 Å². The zero-order chi connectivity index (χ0) is 22.0. The number of carboxylic acids is 1. The molecule has 1 rings (SSSR count). The van der Waals surface area contributed by atoms with E-state index < -0.39 is 5.97 Å². The van der Waals surface area contributed by atoms with E-state index in [9.17, 15) is 9.59 Å². The molecule has 0 fully saturated rings. The fourth-order valence-corrected chi connectivity index (χ4v) is 3.66. The average molecular weight is 417 g/mol. The predicted octanol–water partition coefficient (Wildman–Crippen LogP) is 6.66. The Hall–Kier alpha value is -2.10. The van der Waals surface area contributed by atoms with Gasteiger partial charge in [-0.2, -0.15) is 0 Å². The van der Waals surface area contributed by atoms with Gasteiger partial charge in [0.2, 0.25) is 0 Å². The Labute approximate surface area is 182 Å². The van der Waals surface area contributed by atoms with Crippen molar-refractivity contribution < 1.29 is 19.4 Å². The average Bonchev–Trinajstić information content (AvgIpc) is 2.71. The molecule has 4 nitrogen and oxygen atoms in total. The van der Waals surface area contributed by atoms with Gasteiger partial charge in [0.15, 0.2) is 0 Å². The van der Waals surface area contributed by atoms with Crippen LogP contribution in [0, 0.1) is 0 Å². The van der Waals surface area contributed by atoms with Crippen molar-refractivity contribution in [3.63, 3.8) is 0 Å². The summed E-state index contributed by atoms with van der Waals surface area (Å²) in [7, 11) is 0. The quantitative estimate of drug-likeness (QED) is 0.175. The molecule has 1 atom stereocenters. The van der Waals surface area contributed by atoms with Crippen molar-refractivity contribution in [2.45, 2.75) is 103 Å². The zero-order valence-electron chi connectivity index (χ0n) is 18.9. The third-order valence-electron chi connectivity index (χ3n) is 5.30. The maximum atomic E-state index is 11.4. The van der Waals surface area contributed by atoms with Gasteiger partial charge in [0.05, 0.1) is 0 Å². The topological polar surface area (TPSA) is 63.6 Å². The van der Waals surface area contributed by atoms with E-state index in [-0.39, 0.29) is 18.5 Å². The van der Waals surface area contributed by atoms with Crippen LogP contribution in [0.25, 0.3) is 0 Å². The number of carbonyl (C=O) groups is 2. The number of hydrogen-bond donors (Lipinski definition) is 1. The van der Waals surface area contributed by atoms with Gasteiger partial charge in [-0.3, -0.25) is 9.59 Å². The molecule has 0 aromatic heterocycles. The van der Waals surface area contributed by atoms with Gasteiger partial charge in [0.25, 0.3) is 0 Å². The summed E-state index contributed by atoms with van der Waals surface area (Å²) in [4.78, 5) is 22.1. The molecule has 0 bridgehead atoms. The summed E-state index contributed by atoms with van der Waals surface area (Å²) in [6, 6.07) is 8.39. The van der Waals surface area contributed by atoms with Crippen LogP contribution in [0.2, 0.25) is 0 Å². The van der Waals surface area contributed by atoms with Crippen LogP contribution >= 0.6 is 0 Å². The lowest BCUT2D eigenvalue weighted by Gasteiger charge is -2.13. The second kappa shape index (κ2) is 16.7. The molecule has 4 heteroatoms. The molecule has 0 aliphatic rings. The molecule has 30 heavy (non-hydrogen) atoms. The number of benzene rings is 1. The van der Waals surface area contributed by atoms with Gasteiger partial charge in [0.1, 0.15) is 6.10 Å². The monoisotopic (exact) mass is 416 g/mol. The van der Waals surface area contributed by atoms with Crippen molar-refractivity contribution >= 4 is 11.9 Å². The minimum absolute atomic E-state index is 0.125. The normalized spacial score (nSPS) is 12.2. The van der Waals surface area contributed by atoms with Crippen molar-refractivity contribution in [2.75, 3.05) is 0 Å². The summed E-state index contributed by atoms with van der Waals surface area (Å²) in [5, 5.41) is 8.77. The van der Waals surface area contributed by atoms with Crippen LogP contribution in [0.5, 0.6) is 0 Å². The fourth-order valence-electron chi connectivity index (χ4n) is 3.66. The summed E-state index contributed by atoms with van der Waals surface area (Å²) in [5.74, 6) is -0.945. The standard InChI is InChI=1S/C26H40O4/c1-3-4-5-6-7-8-19-25(30-22(2)27)20-13-11-17-23-15-9-10-16-24(23)18-12-14-21-26(28)29/h9-10,13,15-16,20,25H,3-8,11-12,14,17-19,21H2,1-2H3,(H,28,29)/b20-13+/t25-/m0/s1. The summed E-state index contributed by atoms with van der Waals surface area (Å²) in [6.07, 6.45) is 16.9. The van der Waals surface area contributed by atoms with Gasteiger partial charge in [0, 0.05) is 13.3 Å². The van der Waals surface area contributed by atoms with Gasteiger partial charge in [-0.05, 0) is 62.1 Å². The van der Waals surface area contributed by atoms with Crippen LogP contribution in [-0.2, 0) is 27.2 Å². The van der Waals surface area contributed by atoms with Gasteiger partial charge >= 0.3 is 11.9 Å². The first-order valence-corrected chi connectivity index (χ1v) is 11.6. The summed E-state index contributed by atoms with van der Waals surface area (Å²) in [6.45, 7) is 3.70. The van der Waals surface area contributed by atoms with Crippen molar-refractivity contribution in [3.05, 3.63) is 47.5 Å². The predicted molar refractivity (Wildman–Crippen MR) is 123 cm³/mol. The third-order valence-corrected chi connectivity index (χ3v) is 5.30. The Kier molecular flexibility index (Phi) is 14.4. The zero-order valence-corrected chi connectivity index (χ0v) is 18.9. The molecule has 0 unspecified atom stereocenters. The molecule has 0 aliphatic heterocycles. The minimum Gasteiger partial charge on any atom is -0.481 e. The van der Waals surface area contributed by atoms with Gasteiger partial charge in [-0.25, -0.2) is 0 Å². The fraction of sp³-hybridized carbons (Fsp3) is 0.615. The van der Waals surface area contributed by atoms with Crippen molar-refractivity contribution in [1.29, 1.82) is 0 Å². The van der Waals surface area contributed by atoms with Crippen LogP contribution < -0.4 is 0 Å². The Bertz CT molecular complexity index is 636. The number of esters is 1.